The lowest BCUT2D eigenvalue weighted by molar-refractivity contribution is 1.13. The van der Waals surface area contributed by atoms with Crippen molar-refractivity contribution in [3.8, 4) is 28.1 Å². The SMILES string of the molecule is Cc1ccc(-c2ccc(-n3c(-c4ccccc4)cc4ccccc43)cc2)cc1. The van der Waals surface area contributed by atoms with Gasteiger partial charge in [-0.1, -0.05) is 90.5 Å². The van der Waals surface area contributed by atoms with Crippen molar-refractivity contribution >= 4 is 10.9 Å². The van der Waals surface area contributed by atoms with Crippen LogP contribution in [-0.2, 0) is 0 Å². The number of fused-ring (bicyclic) bond motifs is 1. The van der Waals surface area contributed by atoms with Crippen LogP contribution in [0.3, 0.4) is 0 Å². The molecule has 134 valence electrons. The molecular formula is C27H21N. The second-order valence-electron chi connectivity index (χ2n) is 7.20. The van der Waals surface area contributed by atoms with Gasteiger partial charge >= 0.3 is 0 Å². The molecule has 5 rings (SSSR count). The Kier molecular flexibility index (Phi) is 4.06. The predicted octanol–water partition coefficient (Wildman–Crippen LogP) is 7.27. The molecule has 0 saturated carbocycles. The van der Waals surface area contributed by atoms with Crippen molar-refractivity contribution in [3.63, 3.8) is 0 Å². The topological polar surface area (TPSA) is 4.93 Å². The van der Waals surface area contributed by atoms with Gasteiger partial charge in [-0.05, 0) is 47.9 Å². The molecule has 5 aromatic rings. The molecular weight excluding hydrogens is 338 g/mol. The van der Waals surface area contributed by atoms with E-state index in [1.54, 1.807) is 0 Å². The number of nitrogens with zero attached hydrogens (tertiary/aromatic N) is 1. The smallest absolute Gasteiger partial charge is 0.0540 e. The first kappa shape index (κ1) is 16.6. The maximum Gasteiger partial charge on any atom is 0.0540 e. The van der Waals surface area contributed by atoms with Crippen molar-refractivity contribution in [3.05, 3.63) is 115 Å². The van der Waals surface area contributed by atoms with Crippen LogP contribution in [0.4, 0.5) is 0 Å². The third kappa shape index (κ3) is 2.91. The van der Waals surface area contributed by atoms with Crippen molar-refractivity contribution in [2.24, 2.45) is 0 Å². The van der Waals surface area contributed by atoms with E-state index in [9.17, 15) is 0 Å². The van der Waals surface area contributed by atoms with Gasteiger partial charge < -0.3 is 4.57 Å². The second kappa shape index (κ2) is 6.86. The van der Waals surface area contributed by atoms with Gasteiger partial charge in [0.25, 0.3) is 0 Å². The highest BCUT2D eigenvalue weighted by atomic mass is 15.0. The summed E-state index contributed by atoms with van der Waals surface area (Å²) in [6.45, 7) is 2.12. The minimum Gasteiger partial charge on any atom is -0.309 e. The quantitative estimate of drug-likeness (QED) is 0.319. The Morgan fingerprint density at radius 3 is 1.86 bits per heavy atom. The normalized spacial score (nSPS) is 11.0. The fourth-order valence-corrected chi connectivity index (χ4v) is 3.80. The zero-order valence-corrected chi connectivity index (χ0v) is 15.8. The Morgan fingerprint density at radius 1 is 0.536 bits per heavy atom. The molecule has 1 heterocycles. The Hall–Kier alpha value is -3.58. The van der Waals surface area contributed by atoms with E-state index in [-0.39, 0.29) is 0 Å². The summed E-state index contributed by atoms with van der Waals surface area (Å²) in [7, 11) is 0. The van der Waals surface area contributed by atoms with Gasteiger partial charge in [-0.3, -0.25) is 0 Å². The number of aryl methyl sites for hydroxylation is 1. The summed E-state index contributed by atoms with van der Waals surface area (Å²) in [6.07, 6.45) is 0. The average Bonchev–Trinajstić information content (AvgIpc) is 3.15. The van der Waals surface area contributed by atoms with Crippen LogP contribution in [0, 0.1) is 6.92 Å². The fraction of sp³-hybridized carbons (Fsp3) is 0.0370. The van der Waals surface area contributed by atoms with Gasteiger partial charge in [0, 0.05) is 11.1 Å². The summed E-state index contributed by atoms with van der Waals surface area (Å²) in [5.74, 6) is 0. The van der Waals surface area contributed by atoms with Gasteiger partial charge in [0.05, 0.1) is 11.2 Å². The van der Waals surface area contributed by atoms with Gasteiger partial charge in [-0.15, -0.1) is 0 Å². The summed E-state index contributed by atoms with van der Waals surface area (Å²) in [5, 5.41) is 1.25. The minimum atomic E-state index is 1.18. The maximum absolute atomic E-state index is 2.35. The van der Waals surface area contributed by atoms with Crippen molar-refractivity contribution in [2.75, 3.05) is 0 Å². The average molecular weight is 359 g/mol. The van der Waals surface area contributed by atoms with E-state index in [1.807, 2.05) is 0 Å². The van der Waals surface area contributed by atoms with Crippen molar-refractivity contribution in [1.82, 2.24) is 4.57 Å². The molecule has 1 aromatic heterocycles. The first-order valence-corrected chi connectivity index (χ1v) is 9.63. The van der Waals surface area contributed by atoms with E-state index in [1.165, 1.54) is 44.5 Å². The van der Waals surface area contributed by atoms with Crippen LogP contribution >= 0.6 is 0 Å². The third-order valence-corrected chi connectivity index (χ3v) is 5.29. The van der Waals surface area contributed by atoms with Crippen molar-refractivity contribution in [2.45, 2.75) is 6.92 Å². The molecule has 0 aliphatic rings. The molecule has 0 aliphatic carbocycles. The van der Waals surface area contributed by atoms with Gasteiger partial charge in [0.15, 0.2) is 0 Å². The third-order valence-electron chi connectivity index (χ3n) is 5.29. The first-order chi connectivity index (χ1) is 13.8. The van der Waals surface area contributed by atoms with Crippen molar-refractivity contribution in [1.29, 1.82) is 0 Å². The predicted molar refractivity (Wildman–Crippen MR) is 119 cm³/mol. The Morgan fingerprint density at radius 2 is 1.14 bits per heavy atom. The lowest BCUT2D eigenvalue weighted by Gasteiger charge is -2.12. The molecule has 0 radical (unpaired) electrons. The number of rotatable bonds is 3. The molecule has 0 fully saturated rings. The van der Waals surface area contributed by atoms with Gasteiger partial charge in [0.2, 0.25) is 0 Å². The molecule has 0 saturated heterocycles. The monoisotopic (exact) mass is 359 g/mol. The zero-order valence-electron chi connectivity index (χ0n) is 15.8. The molecule has 28 heavy (non-hydrogen) atoms. The van der Waals surface area contributed by atoms with E-state index in [4.69, 9.17) is 0 Å². The number of aromatic nitrogens is 1. The molecule has 0 spiro atoms. The summed E-state index contributed by atoms with van der Waals surface area (Å²) < 4.78 is 2.35. The number of hydrogen-bond donors (Lipinski definition) is 0. The van der Waals surface area contributed by atoms with E-state index >= 15 is 0 Å². The lowest BCUT2D eigenvalue weighted by Crippen LogP contribution is -1.96. The summed E-state index contributed by atoms with van der Waals surface area (Å²) in [4.78, 5) is 0. The number of hydrogen-bond acceptors (Lipinski definition) is 0. The Labute approximate surface area is 165 Å². The Balaban J connectivity index is 1.65. The molecule has 0 atom stereocenters. The number of para-hydroxylation sites is 1. The molecule has 0 N–H and O–H groups in total. The minimum absolute atomic E-state index is 1.18. The van der Waals surface area contributed by atoms with Crippen LogP contribution in [0.2, 0.25) is 0 Å². The largest absolute Gasteiger partial charge is 0.309 e. The van der Waals surface area contributed by atoms with E-state index in [0.717, 1.165) is 0 Å². The van der Waals surface area contributed by atoms with Gasteiger partial charge in [-0.2, -0.15) is 0 Å². The van der Waals surface area contributed by atoms with Crippen LogP contribution in [0.25, 0.3) is 39.0 Å². The summed E-state index contributed by atoms with van der Waals surface area (Å²) >= 11 is 0. The van der Waals surface area contributed by atoms with Crippen LogP contribution in [0.1, 0.15) is 5.56 Å². The molecule has 0 amide bonds. The summed E-state index contributed by atoms with van der Waals surface area (Å²) in [5.41, 5.74) is 8.61. The highest BCUT2D eigenvalue weighted by Gasteiger charge is 2.12. The fourth-order valence-electron chi connectivity index (χ4n) is 3.80. The standard InChI is InChI=1S/C27H21N/c1-20-11-13-21(14-12-20)22-15-17-25(18-16-22)28-26-10-6-5-9-24(26)19-27(28)23-7-3-2-4-8-23/h2-19H,1H3. The molecule has 1 nitrogen and oxygen atoms in total. The van der Waals surface area contributed by atoms with Crippen LogP contribution < -0.4 is 0 Å². The van der Waals surface area contributed by atoms with Gasteiger partial charge in [0.1, 0.15) is 0 Å². The summed E-state index contributed by atoms with van der Waals surface area (Å²) in [6, 6.07) is 39.0. The van der Waals surface area contributed by atoms with Crippen LogP contribution in [0.15, 0.2) is 109 Å². The maximum atomic E-state index is 2.35. The molecule has 0 aliphatic heterocycles. The lowest BCUT2D eigenvalue weighted by atomic mass is 10.0. The molecule has 1 heteroatoms. The van der Waals surface area contributed by atoms with Crippen LogP contribution in [0.5, 0.6) is 0 Å². The number of benzene rings is 4. The molecule has 0 unspecified atom stereocenters. The first-order valence-electron chi connectivity index (χ1n) is 9.63. The van der Waals surface area contributed by atoms with E-state index in [2.05, 4.69) is 121 Å². The Bertz CT molecular complexity index is 1230. The van der Waals surface area contributed by atoms with Crippen LogP contribution in [-0.4, -0.2) is 4.57 Å². The zero-order chi connectivity index (χ0) is 18.9. The van der Waals surface area contributed by atoms with E-state index in [0.29, 0.717) is 0 Å². The highest BCUT2D eigenvalue weighted by Crippen LogP contribution is 2.32. The van der Waals surface area contributed by atoms with Crippen molar-refractivity contribution < 1.29 is 0 Å². The second-order valence-corrected chi connectivity index (χ2v) is 7.20. The molecule has 0 bridgehead atoms. The van der Waals surface area contributed by atoms with E-state index < -0.39 is 0 Å². The van der Waals surface area contributed by atoms with Gasteiger partial charge in [-0.25, -0.2) is 0 Å². The highest BCUT2D eigenvalue weighted by molar-refractivity contribution is 5.89. The molecule has 4 aromatic carbocycles.